The number of esters is 1. The third kappa shape index (κ3) is 3.05. The van der Waals surface area contributed by atoms with E-state index in [1.807, 2.05) is 6.07 Å². The minimum Gasteiger partial charge on any atom is -0.465 e. The molecule has 0 heterocycles. The maximum atomic E-state index is 11.5. The van der Waals surface area contributed by atoms with Crippen LogP contribution in [0, 0.1) is 17.2 Å². The van der Waals surface area contributed by atoms with Crippen LogP contribution in [0.25, 0.3) is 0 Å². The third-order valence-electron chi connectivity index (χ3n) is 2.18. The van der Waals surface area contributed by atoms with Gasteiger partial charge in [-0.25, -0.2) is 4.79 Å². The number of para-hydroxylation sites is 1. The lowest BCUT2D eigenvalue weighted by atomic mass is 10.1. The molecule has 0 saturated carbocycles. The van der Waals surface area contributed by atoms with Gasteiger partial charge in [0.1, 0.15) is 5.92 Å². The van der Waals surface area contributed by atoms with Crippen molar-refractivity contribution in [2.24, 2.45) is 5.92 Å². The Balaban J connectivity index is 2.96. The summed E-state index contributed by atoms with van der Waals surface area (Å²) in [6.45, 7) is 1.48. The Morgan fingerprint density at radius 2 is 2.06 bits per heavy atom. The summed E-state index contributed by atoms with van der Waals surface area (Å²) >= 11 is 0. The van der Waals surface area contributed by atoms with Crippen LogP contribution in [-0.4, -0.2) is 19.0 Å². The van der Waals surface area contributed by atoms with Crippen LogP contribution < -0.4 is 5.32 Å². The lowest BCUT2D eigenvalue weighted by Gasteiger charge is -2.10. The van der Waals surface area contributed by atoms with Crippen LogP contribution >= 0.6 is 0 Å². The lowest BCUT2D eigenvalue weighted by molar-refractivity contribution is -0.117. The van der Waals surface area contributed by atoms with E-state index >= 15 is 0 Å². The van der Waals surface area contributed by atoms with E-state index in [0.29, 0.717) is 5.69 Å². The molecule has 0 aliphatic rings. The summed E-state index contributed by atoms with van der Waals surface area (Å²) < 4.78 is 4.59. The van der Waals surface area contributed by atoms with Gasteiger partial charge in [-0.3, -0.25) is 4.79 Å². The number of nitrogens with one attached hydrogen (secondary N) is 1. The van der Waals surface area contributed by atoms with E-state index in [9.17, 15) is 9.59 Å². The molecular weight excluding hydrogens is 220 g/mol. The number of carbonyl (C=O) groups excluding carboxylic acids is 2. The van der Waals surface area contributed by atoms with Crippen LogP contribution in [0.3, 0.4) is 0 Å². The summed E-state index contributed by atoms with van der Waals surface area (Å²) in [5, 5.41) is 11.1. The van der Waals surface area contributed by atoms with Gasteiger partial charge in [-0.15, -0.1) is 0 Å². The topological polar surface area (TPSA) is 79.2 Å². The number of hydrogen-bond acceptors (Lipinski definition) is 4. The zero-order chi connectivity index (χ0) is 12.8. The summed E-state index contributed by atoms with van der Waals surface area (Å²) in [6.07, 6.45) is 0. The van der Waals surface area contributed by atoms with Gasteiger partial charge in [-0.2, -0.15) is 5.26 Å². The van der Waals surface area contributed by atoms with Crippen molar-refractivity contribution in [2.75, 3.05) is 12.4 Å². The molecule has 0 aliphatic heterocycles. The van der Waals surface area contributed by atoms with Gasteiger partial charge < -0.3 is 10.1 Å². The van der Waals surface area contributed by atoms with Gasteiger partial charge >= 0.3 is 5.97 Å². The van der Waals surface area contributed by atoms with Gasteiger partial charge in [0.2, 0.25) is 5.91 Å². The third-order valence-corrected chi connectivity index (χ3v) is 2.18. The predicted octanol–water partition coefficient (Wildman–Crippen LogP) is 1.57. The Labute approximate surface area is 99.0 Å². The second-order valence-electron chi connectivity index (χ2n) is 3.38. The molecule has 88 valence electrons. The number of benzene rings is 1. The van der Waals surface area contributed by atoms with Crippen molar-refractivity contribution in [3.8, 4) is 6.07 Å². The van der Waals surface area contributed by atoms with Crippen molar-refractivity contribution in [2.45, 2.75) is 6.92 Å². The summed E-state index contributed by atoms with van der Waals surface area (Å²) in [7, 11) is 1.26. The molecule has 1 unspecified atom stereocenters. The van der Waals surface area contributed by atoms with E-state index in [1.165, 1.54) is 14.0 Å². The first-order valence-electron chi connectivity index (χ1n) is 4.98. The summed E-state index contributed by atoms with van der Waals surface area (Å²) in [4.78, 5) is 22.9. The molecule has 0 aliphatic carbocycles. The number of hydrogen-bond donors (Lipinski definition) is 1. The number of ether oxygens (including phenoxy) is 1. The van der Waals surface area contributed by atoms with E-state index in [0.717, 1.165) is 0 Å². The van der Waals surface area contributed by atoms with Gasteiger partial charge in [-0.05, 0) is 19.1 Å². The number of amides is 1. The van der Waals surface area contributed by atoms with Crippen LogP contribution in [0.5, 0.6) is 0 Å². The van der Waals surface area contributed by atoms with E-state index < -0.39 is 17.8 Å². The number of anilines is 1. The smallest absolute Gasteiger partial charge is 0.339 e. The van der Waals surface area contributed by atoms with E-state index in [2.05, 4.69) is 10.1 Å². The molecule has 1 rings (SSSR count). The summed E-state index contributed by atoms with van der Waals surface area (Å²) in [5.74, 6) is -1.77. The van der Waals surface area contributed by atoms with Gasteiger partial charge in [0, 0.05) is 0 Å². The number of carbonyl (C=O) groups is 2. The molecule has 0 bridgehead atoms. The fraction of sp³-hybridized carbons (Fsp3) is 0.250. The molecule has 1 atom stereocenters. The van der Waals surface area contributed by atoms with Crippen LogP contribution in [0.1, 0.15) is 17.3 Å². The fourth-order valence-electron chi connectivity index (χ4n) is 1.18. The van der Waals surface area contributed by atoms with Crippen molar-refractivity contribution in [3.05, 3.63) is 29.8 Å². The molecule has 5 nitrogen and oxygen atoms in total. The first-order chi connectivity index (χ1) is 8.10. The molecule has 1 aromatic rings. The van der Waals surface area contributed by atoms with Crippen molar-refractivity contribution in [1.82, 2.24) is 0 Å². The molecule has 0 saturated heterocycles. The predicted molar refractivity (Wildman–Crippen MR) is 61.2 cm³/mol. The first kappa shape index (κ1) is 12.7. The van der Waals surface area contributed by atoms with Crippen LogP contribution in [0.4, 0.5) is 5.69 Å². The van der Waals surface area contributed by atoms with Gasteiger partial charge in [0.25, 0.3) is 0 Å². The van der Waals surface area contributed by atoms with E-state index in [1.54, 1.807) is 24.3 Å². The van der Waals surface area contributed by atoms with Crippen LogP contribution in [-0.2, 0) is 9.53 Å². The minimum absolute atomic E-state index is 0.258. The molecule has 5 heteroatoms. The normalized spacial score (nSPS) is 11.1. The Morgan fingerprint density at radius 1 is 1.41 bits per heavy atom. The quantitative estimate of drug-likeness (QED) is 0.802. The monoisotopic (exact) mass is 232 g/mol. The lowest BCUT2D eigenvalue weighted by Crippen LogP contribution is -2.20. The van der Waals surface area contributed by atoms with Gasteiger partial charge in [-0.1, -0.05) is 12.1 Å². The highest BCUT2D eigenvalue weighted by Gasteiger charge is 2.16. The molecule has 1 aromatic carbocycles. The largest absolute Gasteiger partial charge is 0.465 e. The summed E-state index contributed by atoms with van der Waals surface area (Å²) in [6, 6.07) is 8.28. The van der Waals surface area contributed by atoms with Crippen molar-refractivity contribution in [3.63, 3.8) is 0 Å². The minimum atomic E-state index is -0.777. The zero-order valence-corrected chi connectivity index (χ0v) is 9.56. The van der Waals surface area contributed by atoms with Crippen molar-refractivity contribution < 1.29 is 14.3 Å². The molecular formula is C12H12N2O3. The Bertz CT molecular complexity index is 477. The molecule has 0 radical (unpaired) electrons. The second kappa shape index (κ2) is 5.66. The van der Waals surface area contributed by atoms with E-state index in [-0.39, 0.29) is 5.56 Å². The number of methoxy groups -OCH3 is 1. The van der Waals surface area contributed by atoms with Crippen LogP contribution in [0.15, 0.2) is 24.3 Å². The zero-order valence-electron chi connectivity index (χ0n) is 9.56. The summed E-state index contributed by atoms with van der Waals surface area (Å²) in [5.41, 5.74) is 0.597. The average Bonchev–Trinajstić information content (AvgIpc) is 2.37. The molecule has 0 aromatic heterocycles. The number of rotatable bonds is 3. The van der Waals surface area contributed by atoms with Crippen molar-refractivity contribution >= 4 is 17.6 Å². The fourth-order valence-corrected chi connectivity index (χ4v) is 1.18. The maximum absolute atomic E-state index is 11.5. The number of nitriles is 1. The highest BCUT2D eigenvalue weighted by atomic mass is 16.5. The maximum Gasteiger partial charge on any atom is 0.339 e. The first-order valence-corrected chi connectivity index (χ1v) is 4.98. The Hall–Kier alpha value is -2.35. The Kier molecular flexibility index (Phi) is 4.23. The highest BCUT2D eigenvalue weighted by molar-refractivity contribution is 6.02. The number of nitrogens with zero attached hydrogens (tertiary/aromatic N) is 1. The molecule has 17 heavy (non-hydrogen) atoms. The molecule has 1 amide bonds. The van der Waals surface area contributed by atoms with Gasteiger partial charge in [0.05, 0.1) is 24.4 Å². The highest BCUT2D eigenvalue weighted by Crippen LogP contribution is 2.16. The van der Waals surface area contributed by atoms with E-state index in [4.69, 9.17) is 5.26 Å². The second-order valence-corrected chi connectivity index (χ2v) is 3.38. The standard InChI is InChI=1S/C12H12N2O3/c1-8(7-13)11(15)14-10-6-4-3-5-9(10)12(16)17-2/h3-6,8H,1-2H3,(H,14,15). The van der Waals surface area contributed by atoms with Crippen molar-refractivity contribution in [1.29, 1.82) is 5.26 Å². The SMILES string of the molecule is COC(=O)c1ccccc1NC(=O)C(C)C#N. The van der Waals surface area contributed by atoms with Gasteiger partial charge in [0.15, 0.2) is 0 Å². The molecule has 1 N–H and O–H groups in total. The Morgan fingerprint density at radius 3 is 2.65 bits per heavy atom. The average molecular weight is 232 g/mol. The molecule has 0 spiro atoms. The molecule has 0 fully saturated rings. The van der Waals surface area contributed by atoms with Crippen LogP contribution in [0.2, 0.25) is 0 Å².